The molecule has 8 aromatic rings. The molecule has 2 fully saturated rings. The first-order valence-corrected chi connectivity index (χ1v) is 29.9. The molecule has 0 N–H and O–H groups in total. The molecule has 2 saturated heterocycles. The number of aliphatic carboxylic acids is 2. The van der Waals surface area contributed by atoms with E-state index in [0.29, 0.717) is 25.4 Å². The van der Waals surface area contributed by atoms with E-state index in [4.69, 9.17) is 39.8 Å². The Kier molecular flexibility index (Phi) is 24.6. The number of carbonyl (C=O) groups excluding carboxylic acids is 2. The van der Waals surface area contributed by atoms with Crippen LogP contribution in [0.1, 0.15) is 41.5 Å². The van der Waals surface area contributed by atoms with E-state index in [1.54, 1.807) is 0 Å². The average Bonchev–Trinajstić information content (AvgIpc) is 3.02. The third kappa shape index (κ3) is 16.5. The minimum Gasteiger partial charge on any atom is -0.550 e. The summed E-state index contributed by atoms with van der Waals surface area (Å²) in [5.74, 6) is 1.49. The summed E-state index contributed by atoms with van der Waals surface area (Å²) in [7, 11) is -5.67. The topological polar surface area (TPSA) is 170 Å². The number of hydrogen-bond donors (Lipinski definition) is 0. The fourth-order valence-corrected chi connectivity index (χ4v) is 14.2. The minimum absolute atomic E-state index is 0. The van der Waals surface area contributed by atoms with Gasteiger partial charge < -0.3 is 38.7 Å². The number of anilines is 2. The zero-order valence-electron chi connectivity index (χ0n) is 46.4. The molecule has 16 heteroatoms. The van der Waals surface area contributed by atoms with Crippen molar-refractivity contribution in [2.45, 2.75) is 41.5 Å². The third-order valence-corrected chi connectivity index (χ3v) is 19.2. The molecule has 8 aromatic carbocycles. The summed E-state index contributed by atoms with van der Waals surface area (Å²) in [6.45, 7) is 11.4. The fraction of sp³-hybridized carbons (Fsp3) is 0.182. The van der Waals surface area contributed by atoms with Gasteiger partial charge in [0.1, 0.15) is 37.6 Å². The molecule has 82 heavy (non-hydrogen) atoms. The number of carboxylic acid groups (broad SMARTS) is 2. The van der Waals surface area contributed by atoms with Gasteiger partial charge in [0.25, 0.3) is 0 Å². The molecule has 0 unspecified atom stereocenters. The van der Waals surface area contributed by atoms with Gasteiger partial charge in [-0.25, -0.2) is 9.98 Å². The number of carbonyl (C=O) groups is 2. The van der Waals surface area contributed by atoms with Gasteiger partial charge in [0.2, 0.25) is 0 Å². The normalized spacial score (nSPS) is 15.7. The van der Waals surface area contributed by atoms with Crippen molar-refractivity contribution in [2.24, 2.45) is 30.8 Å². The van der Waals surface area contributed by atoms with Gasteiger partial charge >= 0.3 is 40.8 Å². The molecule has 0 amide bonds. The minimum atomic E-state index is -2.83. The van der Waals surface area contributed by atoms with E-state index >= 15 is 0 Å². The van der Waals surface area contributed by atoms with Crippen LogP contribution < -0.4 is 41.2 Å². The summed E-state index contributed by atoms with van der Waals surface area (Å²) >= 11 is 0. The molecule has 2 aliphatic rings. The zero-order chi connectivity index (χ0) is 57.2. The molecule has 0 bridgehead atoms. The number of rotatable bonds is 14. The summed E-state index contributed by atoms with van der Waals surface area (Å²) in [5.41, 5.74) is 2.89. The molecular formula is C66H64N6O6P2Pd2. The van der Waals surface area contributed by atoms with Crippen LogP contribution in [0, 0.1) is 23.0 Å². The molecule has 2 heterocycles. The first kappa shape index (κ1) is 65.6. The number of carboxylic acids is 2. The fourth-order valence-electron chi connectivity index (χ4n) is 9.16. The van der Waals surface area contributed by atoms with Gasteiger partial charge in [-0.3, -0.25) is 9.98 Å². The average molecular weight is 1310 g/mol. The number of aliphatic imine (C=N–C) groups is 4. The first-order chi connectivity index (χ1) is 38.5. The van der Waals surface area contributed by atoms with Crippen molar-refractivity contribution in [2.75, 3.05) is 35.2 Å². The quantitative estimate of drug-likeness (QED) is 0.0588. The third-order valence-electron chi connectivity index (χ3n) is 13.0. The molecule has 0 aliphatic carbocycles. The molecule has 10 rings (SSSR count). The SMILES string of the molecule is CC(=O)[O-].CC(=O)[O-].CC1(C)C(=NCCP(=O)(c2ccccc2)c2ccccc2)N(c2[c-]cccc2)C1=Nc1ccccc1.CC1(C)C(=NCCP(=O)(c2ccccc2)c2ccccc2)N(c2[c-]cccc2)C1=Nc1ccccc1.[Pd+2].[Pd+2]. The zero-order valence-corrected chi connectivity index (χ0v) is 51.3. The Morgan fingerprint density at radius 2 is 0.659 bits per heavy atom. The Balaban J connectivity index is 0.000000260. The van der Waals surface area contributed by atoms with Crippen molar-refractivity contribution < 1.29 is 69.8 Å². The maximum Gasteiger partial charge on any atom is 2.00 e. The van der Waals surface area contributed by atoms with E-state index in [2.05, 4.69) is 49.6 Å². The van der Waals surface area contributed by atoms with E-state index in [-0.39, 0.29) is 51.7 Å². The van der Waals surface area contributed by atoms with E-state index < -0.39 is 26.2 Å². The Labute approximate surface area is 510 Å². The number of benzene rings is 8. The molecule has 0 spiro atoms. The van der Waals surface area contributed by atoms with Gasteiger partial charge in [-0.1, -0.05) is 169 Å². The Morgan fingerprint density at radius 1 is 0.415 bits per heavy atom. The van der Waals surface area contributed by atoms with Crippen LogP contribution in [0.3, 0.4) is 0 Å². The molecule has 0 radical (unpaired) electrons. The maximum absolute atomic E-state index is 14.4. The Morgan fingerprint density at radius 3 is 0.902 bits per heavy atom. The van der Waals surface area contributed by atoms with Gasteiger partial charge in [-0.05, 0) is 65.8 Å². The molecule has 0 saturated carbocycles. The van der Waals surface area contributed by atoms with Crippen LogP contribution >= 0.6 is 14.3 Å². The summed E-state index contributed by atoms with van der Waals surface area (Å²) in [5, 5.41) is 21.2. The monoisotopic (exact) mass is 1310 g/mol. The number of para-hydroxylation sites is 4. The van der Waals surface area contributed by atoms with Crippen molar-refractivity contribution in [3.05, 3.63) is 243 Å². The Hall–Kier alpha value is -7.24. The second kappa shape index (κ2) is 30.7. The van der Waals surface area contributed by atoms with Gasteiger partial charge in [0.05, 0.1) is 22.2 Å². The Bertz CT molecular complexity index is 3200. The summed E-state index contributed by atoms with van der Waals surface area (Å²) < 4.78 is 28.8. The van der Waals surface area contributed by atoms with Gasteiger partial charge in [-0.2, -0.15) is 48.5 Å². The van der Waals surface area contributed by atoms with Crippen LogP contribution in [-0.4, -0.2) is 60.7 Å². The van der Waals surface area contributed by atoms with E-state index in [1.165, 1.54) is 0 Å². The van der Waals surface area contributed by atoms with Crippen molar-refractivity contribution >= 4 is 93.5 Å². The maximum atomic E-state index is 14.4. The summed E-state index contributed by atoms with van der Waals surface area (Å²) in [6, 6.07) is 81.4. The molecule has 2 aliphatic heterocycles. The number of amidine groups is 4. The van der Waals surface area contributed by atoms with Crippen molar-refractivity contribution in [1.82, 2.24) is 0 Å². The largest absolute Gasteiger partial charge is 2.00 e. The van der Waals surface area contributed by atoms with Crippen molar-refractivity contribution in [1.29, 1.82) is 0 Å². The second-order valence-electron chi connectivity index (χ2n) is 19.6. The van der Waals surface area contributed by atoms with E-state index in [1.807, 2.05) is 231 Å². The van der Waals surface area contributed by atoms with Crippen LogP contribution in [0.25, 0.3) is 0 Å². The van der Waals surface area contributed by atoms with Crippen LogP contribution in [0.5, 0.6) is 0 Å². The number of hydrogen-bond acceptors (Lipinski definition) is 10. The molecule has 12 nitrogen and oxygen atoms in total. The molecule has 0 aromatic heterocycles. The van der Waals surface area contributed by atoms with Crippen molar-refractivity contribution in [3.8, 4) is 0 Å². The van der Waals surface area contributed by atoms with Crippen LogP contribution in [-0.2, 0) is 59.6 Å². The van der Waals surface area contributed by atoms with Crippen molar-refractivity contribution in [3.63, 3.8) is 0 Å². The molecular weight excluding hydrogens is 1250 g/mol. The predicted molar refractivity (Wildman–Crippen MR) is 325 cm³/mol. The molecule has 0 atom stereocenters. The molecule has 424 valence electrons. The van der Waals surface area contributed by atoms with Crippen LogP contribution in [0.2, 0.25) is 0 Å². The summed E-state index contributed by atoms with van der Waals surface area (Å²) in [4.78, 5) is 41.9. The summed E-state index contributed by atoms with van der Waals surface area (Å²) in [6.07, 6.45) is 0.913. The smallest absolute Gasteiger partial charge is 0.550 e. The predicted octanol–water partition coefficient (Wildman–Crippen LogP) is 10.5. The standard InChI is InChI=1S/2C31H29N3OP.2C2H4O2.2Pd/c2*1-31(2)29(34(26-17-9-4-10-18-26)30(31)33-25-15-7-3-8-16-25)32-23-24-36(35,27-19-11-5-12-20-27)28-21-13-6-14-22-28;2*1-2(3)4;;/h2*3-17,19-22H,23-24H2,1-2H3;2*1H3,(H,3,4);;/q2*-1;;;2*+2/p-2. The number of nitrogens with zero attached hydrogens (tertiary/aromatic N) is 6. The van der Waals surface area contributed by atoms with E-state index in [9.17, 15) is 9.13 Å². The second-order valence-corrected chi connectivity index (χ2v) is 25.5. The van der Waals surface area contributed by atoms with Gasteiger partial charge in [0, 0.05) is 58.6 Å². The van der Waals surface area contributed by atoms with Gasteiger partial charge in [-0.15, -0.1) is 12.1 Å². The first-order valence-electron chi connectivity index (χ1n) is 26.1. The van der Waals surface area contributed by atoms with E-state index in [0.717, 1.165) is 81.2 Å². The van der Waals surface area contributed by atoms with Gasteiger partial charge in [0.15, 0.2) is 0 Å². The van der Waals surface area contributed by atoms with Crippen LogP contribution in [0.4, 0.5) is 22.7 Å². The van der Waals surface area contributed by atoms with Crippen LogP contribution in [0.15, 0.2) is 250 Å².